The van der Waals surface area contributed by atoms with Crippen LogP contribution >= 0.6 is 15.9 Å². The van der Waals surface area contributed by atoms with Crippen LogP contribution in [-0.4, -0.2) is 16.5 Å². The lowest BCUT2D eigenvalue weighted by Gasteiger charge is -2.04. The van der Waals surface area contributed by atoms with Gasteiger partial charge in [0.2, 0.25) is 0 Å². The number of aromatic nitrogens is 2. The van der Waals surface area contributed by atoms with Crippen molar-refractivity contribution in [2.24, 2.45) is 0 Å². The maximum Gasteiger partial charge on any atom is 0.135 e. The summed E-state index contributed by atoms with van der Waals surface area (Å²) in [4.78, 5) is 4.48. The molecule has 19 heavy (non-hydrogen) atoms. The minimum atomic E-state index is 0.800. The largest absolute Gasteiger partial charge is 0.495 e. The first-order valence-corrected chi connectivity index (χ1v) is 6.80. The summed E-state index contributed by atoms with van der Waals surface area (Å²) in [6.07, 6.45) is 4.65. The molecular weight excluding hydrogens is 304 g/mol. The van der Waals surface area contributed by atoms with Gasteiger partial charge in [0.1, 0.15) is 11.6 Å². The normalized spacial score (nSPS) is 10.8. The number of rotatable bonds is 3. The summed E-state index contributed by atoms with van der Waals surface area (Å²) >= 11 is 3.44. The Morgan fingerprint density at radius 1 is 1.16 bits per heavy atom. The van der Waals surface area contributed by atoms with Gasteiger partial charge in [-0.3, -0.25) is 4.40 Å². The second-order valence-electron chi connectivity index (χ2n) is 4.34. The Kier molecular flexibility index (Phi) is 3.25. The number of hydrogen-bond acceptors (Lipinski definition) is 2. The van der Waals surface area contributed by atoms with Crippen molar-refractivity contribution in [2.45, 2.75) is 6.42 Å². The molecular formula is C15H13BrN2O. The summed E-state index contributed by atoms with van der Waals surface area (Å²) < 4.78 is 8.42. The third-order valence-corrected chi connectivity index (χ3v) is 3.62. The average Bonchev–Trinajstić information content (AvgIpc) is 2.84. The van der Waals surface area contributed by atoms with Crippen molar-refractivity contribution in [3.63, 3.8) is 0 Å². The van der Waals surface area contributed by atoms with E-state index < -0.39 is 0 Å². The molecule has 2 heterocycles. The van der Waals surface area contributed by atoms with Gasteiger partial charge in [0.15, 0.2) is 0 Å². The molecule has 1 aromatic carbocycles. The first-order valence-electron chi connectivity index (χ1n) is 6.01. The molecule has 0 aliphatic carbocycles. The highest BCUT2D eigenvalue weighted by Crippen LogP contribution is 2.18. The zero-order chi connectivity index (χ0) is 13.2. The molecule has 0 aliphatic rings. The number of methoxy groups -OCH3 is 1. The zero-order valence-corrected chi connectivity index (χ0v) is 12.1. The molecule has 0 unspecified atom stereocenters. The van der Waals surface area contributed by atoms with E-state index in [-0.39, 0.29) is 0 Å². The minimum Gasteiger partial charge on any atom is -0.495 e. The summed E-state index contributed by atoms with van der Waals surface area (Å²) in [6.45, 7) is 0. The number of ether oxygens (including phenoxy) is 1. The van der Waals surface area contributed by atoms with Gasteiger partial charge in [0.25, 0.3) is 0 Å². The maximum absolute atomic E-state index is 5.26. The predicted molar refractivity (Wildman–Crippen MR) is 78.7 cm³/mol. The number of halogens is 1. The third kappa shape index (κ3) is 2.49. The number of imidazole rings is 1. The highest BCUT2D eigenvalue weighted by molar-refractivity contribution is 9.10. The predicted octanol–water partition coefficient (Wildman–Crippen LogP) is 3.70. The van der Waals surface area contributed by atoms with Gasteiger partial charge in [0, 0.05) is 10.9 Å². The van der Waals surface area contributed by atoms with E-state index >= 15 is 0 Å². The third-order valence-electron chi connectivity index (χ3n) is 3.09. The number of hydrogen-bond donors (Lipinski definition) is 0. The molecule has 0 fully saturated rings. The standard InChI is InChI=1S/C15H13BrN2O/c1-19-14-7-6-13-9-17-15(18(13)10-14)8-11-2-4-12(16)5-3-11/h2-7,9-10H,8H2,1H3. The van der Waals surface area contributed by atoms with E-state index in [1.807, 2.05) is 36.7 Å². The van der Waals surface area contributed by atoms with E-state index in [9.17, 15) is 0 Å². The maximum atomic E-state index is 5.26. The van der Waals surface area contributed by atoms with Gasteiger partial charge in [-0.05, 0) is 29.8 Å². The first kappa shape index (κ1) is 12.2. The number of benzene rings is 1. The molecule has 0 bridgehead atoms. The minimum absolute atomic E-state index is 0.800. The average molecular weight is 317 g/mol. The van der Waals surface area contributed by atoms with Crippen LogP contribution in [0.15, 0.2) is 53.3 Å². The molecule has 3 nitrogen and oxygen atoms in total. The molecule has 3 aromatic rings. The Hall–Kier alpha value is -1.81. The number of fused-ring (bicyclic) bond motifs is 1. The Balaban J connectivity index is 1.98. The van der Waals surface area contributed by atoms with Crippen molar-refractivity contribution in [1.29, 1.82) is 0 Å². The van der Waals surface area contributed by atoms with Crippen LogP contribution in [0.4, 0.5) is 0 Å². The smallest absolute Gasteiger partial charge is 0.135 e. The highest BCUT2D eigenvalue weighted by atomic mass is 79.9. The van der Waals surface area contributed by atoms with Crippen LogP contribution in [0, 0.1) is 0 Å². The van der Waals surface area contributed by atoms with Crippen LogP contribution in [0.2, 0.25) is 0 Å². The monoisotopic (exact) mass is 316 g/mol. The Morgan fingerprint density at radius 2 is 1.95 bits per heavy atom. The zero-order valence-electron chi connectivity index (χ0n) is 10.5. The molecule has 0 amide bonds. The lowest BCUT2D eigenvalue weighted by molar-refractivity contribution is 0.412. The molecule has 2 aromatic heterocycles. The molecule has 0 saturated carbocycles. The topological polar surface area (TPSA) is 26.5 Å². The van der Waals surface area contributed by atoms with E-state index in [2.05, 4.69) is 37.4 Å². The van der Waals surface area contributed by atoms with E-state index in [1.165, 1.54) is 5.56 Å². The Labute approximate surface area is 120 Å². The fraction of sp³-hybridized carbons (Fsp3) is 0.133. The van der Waals surface area contributed by atoms with Crippen molar-refractivity contribution in [1.82, 2.24) is 9.38 Å². The van der Waals surface area contributed by atoms with E-state index in [0.717, 1.165) is 28.0 Å². The molecule has 0 saturated heterocycles. The number of nitrogens with zero attached hydrogens (tertiary/aromatic N) is 2. The summed E-state index contributed by atoms with van der Waals surface area (Å²) in [5.41, 5.74) is 2.31. The summed E-state index contributed by atoms with van der Waals surface area (Å²) in [5.74, 6) is 1.85. The van der Waals surface area contributed by atoms with Crippen molar-refractivity contribution in [3.05, 3.63) is 64.7 Å². The molecule has 0 spiro atoms. The van der Waals surface area contributed by atoms with Gasteiger partial charge in [0.05, 0.1) is 25.0 Å². The Morgan fingerprint density at radius 3 is 2.68 bits per heavy atom. The lowest BCUT2D eigenvalue weighted by atomic mass is 10.1. The van der Waals surface area contributed by atoms with E-state index in [4.69, 9.17) is 4.74 Å². The summed E-state index contributed by atoms with van der Waals surface area (Å²) in [6, 6.07) is 12.3. The molecule has 0 radical (unpaired) electrons. The van der Waals surface area contributed by atoms with Crippen LogP contribution in [0.25, 0.3) is 5.52 Å². The van der Waals surface area contributed by atoms with Crippen LogP contribution in [0.3, 0.4) is 0 Å². The molecule has 0 N–H and O–H groups in total. The van der Waals surface area contributed by atoms with Crippen LogP contribution in [-0.2, 0) is 6.42 Å². The van der Waals surface area contributed by atoms with Gasteiger partial charge in [-0.1, -0.05) is 28.1 Å². The lowest BCUT2D eigenvalue weighted by Crippen LogP contribution is -1.97. The van der Waals surface area contributed by atoms with Crippen molar-refractivity contribution >= 4 is 21.4 Å². The second kappa shape index (κ2) is 5.05. The van der Waals surface area contributed by atoms with Gasteiger partial charge >= 0.3 is 0 Å². The van der Waals surface area contributed by atoms with Crippen LogP contribution in [0.1, 0.15) is 11.4 Å². The van der Waals surface area contributed by atoms with Gasteiger partial charge in [-0.15, -0.1) is 0 Å². The molecule has 3 rings (SSSR count). The van der Waals surface area contributed by atoms with E-state index in [1.54, 1.807) is 7.11 Å². The van der Waals surface area contributed by atoms with Gasteiger partial charge in [-0.2, -0.15) is 0 Å². The van der Waals surface area contributed by atoms with Crippen molar-refractivity contribution in [3.8, 4) is 5.75 Å². The fourth-order valence-electron chi connectivity index (χ4n) is 2.06. The summed E-state index contributed by atoms with van der Waals surface area (Å²) in [5, 5.41) is 0. The van der Waals surface area contributed by atoms with Crippen LogP contribution in [0.5, 0.6) is 5.75 Å². The fourth-order valence-corrected chi connectivity index (χ4v) is 2.32. The van der Waals surface area contributed by atoms with Crippen molar-refractivity contribution < 1.29 is 4.74 Å². The molecule has 4 heteroatoms. The molecule has 0 aliphatic heterocycles. The highest BCUT2D eigenvalue weighted by Gasteiger charge is 2.05. The second-order valence-corrected chi connectivity index (χ2v) is 5.26. The Bertz CT molecular complexity index is 704. The van der Waals surface area contributed by atoms with Gasteiger partial charge < -0.3 is 4.74 Å². The molecule has 0 atom stereocenters. The summed E-state index contributed by atoms with van der Waals surface area (Å²) in [7, 11) is 1.67. The van der Waals surface area contributed by atoms with Crippen LogP contribution < -0.4 is 4.74 Å². The SMILES string of the molecule is COc1ccc2cnc(Cc3ccc(Br)cc3)n2c1. The quantitative estimate of drug-likeness (QED) is 0.736. The van der Waals surface area contributed by atoms with Crippen molar-refractivity contribution in [2.75, 3.05) is 7.11 Å². The first-order chi connectivity index (χ1) is 9.26. The molecule has 96 valence electrons. The number of pyridine rings is 1. The van der Waals surface area contributed by atoms with Gasteiger partial charge in [-0.25, -0.2) is 4.98 Å². The van der Waals surface area contributed by atoms with E-state index in [0.29, 0.717) is 0 Å².